The van der Waals surface area contributed by atoms with Crippen molar-refractivity contribution in [3.63, 3.8) is 0 Å². The molecule has 0 spiro atoms. The zero-order valence-electron chi connectivity index (χ0n) is 16.2. The molecule has 0 atom stereocenters. The maximum absolute atomic E-state index is 12.9. The lowest BCUT2D eigenvalue weighted by molar-refractivity contribution is 0.0954. The summed E-state index contributed by atoms with van der Waals surface area (Å²) in [7, 11) is 3.06. The number of nitrogens with zero attached hydrogens (tertiary/aromatic N) is 1. The van der Waals surface area contributed by atoms with Crippen LogP contribution in [0.3, 0.4) is 0 Å². The Morgan fingerprint density at radius 3 is 2.31 bits per heavy atom. The number of hydrogen-bond acceptors (Lipinski definition) is 4. The number of aromatic nitrogens is 1. The zero-order chi connectivity index (χ0) is 19.3. The summed E-state index contributed by atoms with van der Waals surface area (Å²) >= 11 is 0. The normalized spacial score (nSPS) is 11.0. The van der Waals surface area contributed by atoms with E-state index in [9.17, 15) is 9.59 Å². The molecule has 0 saturated carbocycles. The second-order valence-electron chi connectivity index (χ2n) is 6.76. The summed E-state index contributed by atoms with van der Waals surface area (Å²) in [5, 5.41) is 3.95. The third kappa shape index (κ3) is 4.18. The molecule has 0 unspecified atom stereocenters. The molecule has 0 saturated heterocycles. The second-order valence-corrected chi connectivity index (χ2v) is 6.76. The van der Waals surface area contributed by atoms with Crippen LogP contribution in [0.5, 0.6) is 11.5 Å². The standard InChI is InChI=1S/C20H28N2O4/c1-6-7-8-21-19(23)16-12-22(11-13(2)3)20(24)15-10-18(26-5)17(25-4)9-14(15)16/h9-10,12-13H,6-8,11H2,1-5H3,(H,21,23). The van der Waals surface area contributed by atoms with Crippen LogP contribution in [0.25, 0.3) is 10.8 Å². The highest BCUT2D eigenvalue weighted by Crippen LogP contribution is 2.32. The van der Waals surface area contributed by atoms with Crippen molar-refractivity contribution in [3.8, 4) is 11.5 Å². The lowest BCUT2D eigenvalue weighted by Crippen LogP contribution is -2.29. The number of fused-ring (bicyclic) bond motifs is 1. The maximum atomic E-state index is 12.9. The molecule has 1 aromatic carbocycles. The average molecular weight is 360 g/mol. The Kier molecular flexibility index (Phi) is 6.66. The molecule has 2 rings (SSSR count). The minimum Gasteiger partial charge on any atom is -0.493 e. The van der Waals surface area contributed by atoms with Crippen molar-refractivity contribution in [3.05, 3.63) is 34.2 Å². The molecule has 1 heterocycles. The summed E-state index contributed by atoms with van der Waals surface area (Å²) in [5.41, 5.74) is 0.331. The van der Waals surface area contributed by atoms with Gasteiger partial charge in [-0.3, -0.25) is 9.59 Å². The van der Waals surface area contributed by atoms with Crippen molar-refractivity contribution in [2.75, 3.05) is 20.8 Å². The number of pyridine rings is 1. The van der Waals surface area contributed by atoms with Crippen LogP contribution in [-0.4, -0.2) is 31.2 Å². The van der Waals surface area contributed by atoms with Gasteiger partial charge in [0.15, 0.2) is 11.5 Å². The predicted octanol–water partition coefficient (Wildman–Crippen LogP) is 3.20. The number of ether oxygens (including phenoxy) is 2. The minimum atomic E-state index is -0.187. The molecule has 0 radical (unpaired) electrons. The smallest absolute Gasteiger partial charge is 0.258 e. The summed E-state index contributed by atoms with van der Waals surface area (Å²) in [6, 6.07) is 3.35. The highest BCUT2D eigenvalue weighted by Gasteiger charge is 2.18. The summed E-state index contributed by atoms with van der Waals surface area (Å²) in [4.78, 5) is 25.6. The van der Waals surface area contributed by atoms with Gasteiger partial charge in [0.25, 0.3) is 11.5 Å². The van der Waals surface area contributed by atoms with E-state index in [4.69, 9.17) is 9.47 Å². The molecular weight excluding hydrogens is 332 g/mol. The number of rotatable bonds is 8. The zero-order valence-corrected chi connectivity index (χ0v) is 16.2. The van der Waals surface area contributed by atoms with Gasteiger partial charge in [-0.15, -0.1) is 0 Å². The molecule has 1 amide bonds. The predicted molar refractivity (Wildman–Crippen MR) is 103 cm³/mol. The van der Waals surface area contributed by atoms with Gasteiger partial charge < -0.3 is 19.4 Å². The van der Waals surface area contributed by atoms with Gasteiger partial charge in [0, 0.05) is 24.7 Å². The van der Waals surface area contributed by atoms with E-state index in [2.05, 4.69) is 12.2 Å². The molecule has 0 aliphatic rings. The average Bonchev–Trinajstić information content (AvgIpc) is 2.62. The topological polar surface area (TPSA) is 69.6 Å². The van der Waals surface area contributed by atoms with Gasteiger partial charge in [0.2, 0.25) is 0 Å². The molecule has 6 nitrogen and oxygen atoms in total. The van der Waals surface area contributed by atoms with Crippen LogP contribution >= 0.6 is 0 Å². The van der Waals surface area contributed by atoms with Gasteiger partial charge in [-0.1, -0.05) is 27.2 Å². The highest BCUT2D eigenvalue weighted by molar-refractivity contribution is 6.07. The first-order chi connectivity index (χ1) is 12.4. The summed E-state index contributed by atoms with van der Waals surface area (Å²) < 4.78 is 12.3. The van der Waals surface area contributed by atoms with Gasteiger partial charge in [0.05, 0.1) is 25.2 Å². The molecule has 26 heavy (non-hydrogen) atoms. The van der Waals surface area contributed by atoms with Crippen molar-refractivity contribution in [2.45, 2.75) is 40.2 Å². The number of amides is 1. The molecule has 142 valence electrons. The van der Waals surface area contributed by atoms with E-state index in [-0.39, 0.29) is 17.4 Å². The molecule has 0 fully saturated rings. The van der Waals surface area contributed by atoms with Crippen LogP contribution < -0.4 is 20.3 Å². The van der Waals surface area contributed by atoms with E-state index in [1.807, 2.05) is 13.8 Å². The second kappa shape index (κ2) is 8.74. The molecule has 2 aromatic rings. The van der Waals surface area contributed by atoms with Gasteiger partial charge in [-0.05, 0) is 24.5 Å². The van der Waals surface area contributed by atoms with Crippen molar-refractivity contribution in [1.82, 2.24) is 9.88 Å². The first kappa shape index (κ1) is 19.8. The number of methoxy groups -OCH3 is 2. The van der Waals surface area contributed by atoms with Gasteiger partial charge in [-0.2, -0.15) is 0 Å². The Hall–Kier alpha value is -2.50. The Balaban J connectivity index is 2.68. The van der Waals surface area contributed by atoms with Crippen LogP contribution in [0, 0.1) is 5.92 Å². The quantitative estimate of drug-likeness (QED) is 0.734. The highest BCUT2D eigenvalue weighted by atomic mass is 16.5. The first-order valence-electron chi connectivity index (χ1n) is 9.00. The Labute approximate surface area is 154 Å². The van der Waals surface area contributed by atoms with Gasteiger partial charge in [0.1, 0.15) is 0 Å². The van der Waals surface area contributed by atoms with E-state index in [0.717, 1.165) is 12.8 Å². The van der Waals surface area contributed by atoms with Crippen molar-refractivity contribution < 1.29 is 14.3 Å². The van der Waals surface area contributed by atoms with Gasteiger partial charge >= 0.3 is 0 Å². The van der Waals surface area contributed by atoms with E-state index < -0.39 is 0 Å². The summed E-state index contributed by atoms with van der Waals surface area (Å²) in [5.74, 6) is 1.05. The van der Waals surface area contributed by atoms with E-state index in [0.29, 0.717) is 40.9 Å². The number of unbranched alkanes of at least 4 members (excludes halogenated alkanes) is 1. The lowest BCUT2D eigenvalue weighted by Gasteiger charge is -2.16. The number of nitrogens with one attached hydrogen (secondary N) is 1. The van der Waals surface area contributed by atoms with Crippen LogP contribution in [0.4, 0.5) is 0 Å². The van der Waals surface area contributed by atoms with E-state index in [1.165, 1.54) is 14.2 Å². The fourth-order valence-corrected chi connectivity index (χ4v) is 2.90. The van der Waals surface area contributed by atoms with Crippen molar-refractivity contribution in [2.24, 2.45) is 5.92 Å². The van der Waals surface area contributed by atoms with E-state index in [1.54, 1.807) is 22.9 Å². The maximum Gasteiger partial charge on any atom is 0.258 e. The summed E-state index contributed by atoms with van der Waals surface area (Å²) in [6.07, 6.45) is 3.56. The lowest BCUT2D eigenvalue weighted by atomic mass is 10.0. The van der Waals surface area contributed by atoms with Gasteiger partial charge in [-0.25, -0.2) is 0 Å². The van der Waals surface area contributed by atoms with E-state index >= 15 is 0 Å². The Morgan fingerprint density at radius 2 is 1.77 bits per heavy atom. The molecule has 0 bridgehead atoms. The number of benzene rings is 1. The number of carbonyl (C=O) groups excluding carboxylic acids is 1. The van der Waals surface area contributed by atoms with Crippen LogP contribution in [0.15, 0.2) is 23.1 Å². The fraction of sp³-hybridized carbons (Fsp3) is 0.500. The fourth-order valence-electron chi connectivity index (χ4n) is 2.90. The third-order valence-electron chi connectivity index (χ3n) is 4.21. The Morgan fingerprint density at radius 1 is 1.15 bits per heavy atom. The SMILES string of the molecule is CCCCNC(=O)c1cn(CC(C)C)c(=O)c2cc(OC)c(OC)cc12. The van der Waals surface area contributed by atoms with Crippen molar-refractivity contribution >= 4 is 16.7 Å². The molecule has 1 N–H and O–H groups in total. The van der Waals surface area contributed by atoms with Crippen molar-refractivity contribution in [1.29, 1.82) is 0 Å². The molecule has 0 aliphatic carbocycles. The third-order valence-corrected chi connectivity index (χ3v) is 4.21. The number of carbonyl (C=O) groups is 1. The molecule has 6 heteroatoms. The van der Waals surface area contributed by atoms with Crippen LogP contribution in [-0.2, 0) is 6.54 Å². The monoisotopic (exact) mass is 360 g/mol. The first-order valence-corrected chi connectivity index (χ1v) is 9.00. The van der Waals surface area contributed by atoms with Crippen LogP contribution in [0.2, 0.25) is 0 Å². The molecule has 0 aliphatic heterocycles. The largest absolute Gasteiger partial charge is 0.493 e. The molecule has 1 aromatic heterocycles. The minimum absolute atomic E-state index is 0.139. The molecular formula is C20H28N2O4. The summed E-state index contributed by atoms with van der Waals surface area (Å²) in [6.45, 7) is 7.28. The Bertz CT molecular complexity index is 840. The van der Waals surface area contributed by atoms with Crippen LogP contribution in [0.1, 0.15) is 44.0 Å². The number of hydrogen-bond donors (Lipinski definition) is 1.